The molecule has 0 spiro atoms. The first-order chi connectivity index (χ1) is 13.7. The van der Waals surface area contributed by atoms with E-state index in [0.717, 1.165) is 5.69 Å². The van der Waals surface area contributed by atoms with Gasteiger partial charge in [-0.1, -0.05) is 48.5 Å². The number of H-pyrrole nitrogens is 1. The van der Waals surface area contributed by atoms with Crippen LogP contribution in [0.2, 0.25) is 0 Å². The Bertz CT molecular complexity index is 1130. The second-order valence-corrected chi connectivity index (χ2v) is 6.51. The smallest absolute Gasteiger partial charge is 0.199 e. The minimum atomic E-state index is -0.0166. The molecular weight excluding hydrogens is 370 g/mol. The first-order valence-electron chi connectivity index (χ1n) is 8.77. The summed E-state index contributed by atoms with van der Waals surface area (Å²) < 4.78 is 8.19. The summed E-state index contributed by atoms with van der Waals surface area (Å²) in [6.45, 7) is 0.244. The van der Waals surface area contributed by atoms with Crippen LogP contribution in [0.5, 0.6) is 5.75 Å². The van der Waals surface area contributed by atoms with Crippen LogP contribution < -0.4 is 4.74 Å². The number of hydrogen-bond donors (Lipinski definition) is 1. The van der Waals surface area contributed by atoms with Crippen LogP contribution in [0, 0.1) is 4.77 Å². The summed E-state index contributed by atoms with van der Waals surface area (Å²) in [5.74, 6) is 1.30. The number of rotatable bonds is 6. The monoisotopic (exact) mass is 387 g/mol. The van der Waals surface area contributed by atoms with Gasteiger partial charge < -0.3 is 4.74 Å². The summed E-state index contributed by atoms with van der Waals surface area (Å²) in [5, 5.41) is 7.06. The number of nitrogens with zero attached hydrogens (tertiary/aromatic N) is 2. The van der Waals surface area contributed by atoms with E-state index in [-0.39, 0.29) is 12.4 Å². The topological polar surface area (TPSA) is 59.9 Å². The Labute approximate surface area is 167 Å². The molecule has 4 rings (SSSR count). The Morgan fingerprint density at radius 3 is 2.18 bits per heavy atom. The van der Waals surface area contributed by atoms with E-state index in [9.17, 15) is 4.79 Å². The second kappa shape index (κ2) is 8.02. The predicted octanol–water partition coefficient (Wildman–Crippen LogP) is 4.74. The SMILES string of the molecule is O=C(c1ccccc1)c1ccc(OCc2n[nH]c(=S)n2-c2ccccc2)cc1. The Morgan fingerprint density at radius 2 is 1.50 bits per heavy atom. The van der Waals surface area contributed by atoms with Gasteiger partial charge in [0.05, 0.1) is 0 Å². The van der Waals surface area contributed by atoms with E-state index in [1.807, 2.05) is 53.1 Å². The molecule has 0 aliphatic carbocycles. The molecule has 0 fully saturated rings. The minimum Gasteiger partial charge on any atom is -0.486 e. The van der Waals surface area contributed by atoms with E-state index in [0.29, 0.717) is 27.5 Å². The maximum absolute atomic E-state index is 12.5. The van der Waals surface area contributed by atoms with E-state index < -0.39 is 0 Å². The summed E-state index contributed by atoms with van der Waals surface area (Å²) >= 11 is 5.33. The quantitative estimate of drug-likeness (QED) is 0.383. The maximum Gasteiger partial charge on any atom is 0.199 e. The maximum atomic E-state index is 12.5. The molecule has 1 aromatic heterocycles. The fourth-order valence-electron chi connectivity index (χ4n) is 2.88. The van der Waals surface area contributed by atoms with Crippen molar-refractivity contribution in [2.45, 2.75) is 6.61 Å². The summed E-state index contributed by atoms with van der Waals surface area (Å²) in [4.78, 5) is 12.5. The van der Waals surface area contributed by atoms with E-state index in [1.165, 1.54) is 0 Å². The van der Waals surface area contributed by atoms with Crippen molar-refractivity contribution in [3.8, 4) is 11.4 Å². The molecule has 6 heteroatoms. The highest BCUT2D eigenvalue weighted by Gasteiger charge is 2.11. The van der Waals surface area contributed by atoms with Crippen LogP contribution in [0.3, 0.4) is 0 Å². The third-order valence-electron chi connectivity index (χ3n) is 4.28. The molecule has 0 aliphatic rings. The first kappa shape index (κ1) is 17.9. The number of aromatic amines is 1. The standard InChI is InChI=1S/C22H17N3O2S/c26-21(16-7-3-1-4-8-16)17-11-13-19(14-12-17)27-15-20-23-24-22(28)25(20)18-9-5-2-6-10-18/h1-14H,15H2,(H,24,28). The zero-order valence-electron chi connectivity index (χ0n) is 14.9. The molecule has 0 unspecified atom stereocenters. The molecule has 5 nitrogen and oxygen atoms in total. The fraction of sp³-hybridized carbons (Fsp3) is 0.0455. The van der Waals surface area contributed by atoms with Crippen molar-refractivity contribution in [1.82, 2.24) is 14.8 Å². The lowest BCUT2D eigenvalue weighted by atomic mass is 10.0. The molecule has 138 valence electrons. The lowest BCUT2D eigenvalue weighted by Crippen LogP contribution is -2.06. The molecular formula is C22H17N3O2S. The Morgan fingerprint density at radius 1 is 0.893 bits per heavy atom. The van der Waals surface area contributed by atoms with Crippen LogP contribution in [-0.2, 0) is 6.61 Å². The van der Waals surface area contributed by atoms with Crippen LogP contribution in [0.15, 0.2) is 84.9 Å². The zero-order valence-corrected chi connectivity index (χ0v) is 15.7. The van der Waals surface area contributed by atoms with Crippen molar-refractivity contribution in [3.05, 3.63) is 107 Å². The number of nitrogens with one attached hydrogen (secondary N) is 1. The molecule has 0 aliphatic heterocycles. The average Bonchev–Trinajstić information content (AvgIpc) is 3.13. The van der Waals surface area contributed by atoms with Gasteiger partial charge in [0.1, 0.15) is 12.4 Å². The highest BCUT2D eigenvalue weighted by molar-refractivity contribution is 7.71. The van der Waals surface area contributed by atoms with Gasteiger partial charge in [0.15, 0.2) is 16.4 Å². The number of aromatic nitrogens is 3. The lowest BCUT2D eigenvalue weighted by Gasteiger charge is -2.09. The summed E-state index contributed by atoms with van der Waals surface area (Å²) in [7, 11) is 0. The van der Waals surface area contributed by atoms with Crippen LogP contribution in [-0.4, -0.2) is 20.5 Å². The summed E-state index contributed by atoms with van der Waals surface area (Å²) in [5.41, 5.74) is 2.20. The normalized spacial score (nSPS) is 10.6. The highest BCUT2D eigenvalue weighted by atomic mass is 32.1. The van der Waals surface area contributed by atoms with Gasteiger partial charge in [-0.3, -0.25) is 14.5 Å². The number of carbonyl (C=O) groups excluding carboxylic acids is 1. The fourth-order valence-corrected chi connectivity index (χ4v) is 3.13. The van der Waals surface area contributed by atoms with Gasteiger partial charge >= 0.3 is 0 Å². The third-order valence-corrected chi connectivity index (χ3v) is 4.55. The van der Waals surface area contributed by atoms with E-state index in [1.54, 1.807) is 36.4 Å². The molecule has 3 aromatic carbocycles. The van der Waals surface area contributed by atoms with Crippen LogP contribution in [0.4, 0.5) is 0 Å². The molecule has 0 bridgehead atoms. The van der Waals surface area contributed by atoms with Crippen molar-refractivity contribution >= 4 is 18.0 Å². The molecule has 1 N–H and O–H groups in total. The molecule has 4 aromatic rings. The van der Waals surface area contributed by atoms with Crippen LogP contribution in [0.1, 0.15) is 21.7 Å². The average molecular weight is 387 g/mol. The van der Waals surface area contributed by atoms with E-state index in [4.69, 9.17) is 17.0 Å². The van der Waals surface area contributed by atoms with Gasteiger partial charge in [0, 0.05) is 16.8 Å². The number of ether oxygens (including phenoxy) is 1. The molecule has 0 saturated heterocycles. The van der Waals surface area contributed by atoms with Gasteiger partial charge in [0.25, 0.3) is 0 Å². The van der Waals surface area contributed by atoms with Gasteiger partial charge in [0.2, 0.25) is 0 Å². The van der Waals surface area contributed by atoms with Crippen molar-refractivity contribution in [3.63, 3.8) is 0 Å². The summed E-state index contributed by atoms with van der Waals surface area (Å²) in [6, 6.07) is 26.0. The highest BCUT2D eigenvalue weighted by Crippen LogP contribution is 2.18. The number of ketones is 1. The van der Waals surface area contributed by atoms with Gasteiger partial charge in [-0.2, -0.15) is 5.10 Å². The third kappa shape index (κ3) is 3.77. The minimum absolute atomic E-state index is 0.0166. The number of benzene rings is 3. The molecule has 0 atom stereocenters. The summed E-state index contributed by atoms with van der Waals surface area (Å²) in [6.07, 6.45) is 0. The van der Waals surface area contributed by atoms with Crippen molar-refractivity contribution in [2.75, 3.05) is 0 Å². The van der Waals surface area contributed by atoms with Gasteiger partial charge in [-0.25, -0.2) is 0 Å². The second-order valence-electron chi connectivity index (χ2n) is 6.12. The number of para-hydroxylation sites is 1. The van der Waals surface area contributed by atoms with Crippen LogP contribution in [0.25, 0.3) is 5.69 Å². The Kier molecular flexibility index (Phi) is 5.12. The zero-order chi connectivity index (χ0) is 19.3. The van der Waals surface area contributed by atoms with E-state index >= 15 is 0 Å². The molecule has 28 heavy (non-hydrogen) atoms. The van der Waals surface area contributed by atoms with Gasteiger partial charge in [-0.05, 0) is 48.6 Å². The number of hydrogen-bond acceptors (Lipinski definition) is 4. The first-order valence-corrected chi connectivity index (χ1v) is 9.17. The largest absolute Gasteiger partial charge is 0.486 e. The van der Waals surface area contributed by atoms with Crippen molar-refractivity contribution in [2.24, 2.45) is 0 Å². The predicted molar refractivity (Wildman–Crippen MR) is 109 cm³/mol. The lowest BCUT2D eigenvalue weighted by molar-refractivity contribution is 0.103. The van der Waals surface area contributed by atoms with E-state index in [2.05, 4.69) is 10.2 Å². The molecule has 0 saturated carbocycles. The number of carbonyl (C=O) groups is 1. The van der Waals surface area contributed by atoms with Crippen molar-refractivity contribution in [1.29, 1.82) is 0 Å². The van der Waals surface area contributed by atoms with Gasteiger partial charge in [-0.15, -0.1) is 0 Å². The Hall–Kier alpha value is -3.51. The Balaban J connectivity index is 1.48. The molecule has 0 radical (unpaired) electrons. The van der Waals surface area contributed by atoms with Crippen molar-refractivity contribution < 1.29 is 9.53 Å². The van der Waals surface area contributed by atoms with Crippen LogP contribution >= 0.6 is 12.2 Å². The molecule has 0 amide bonds. The molecule has 1 heterocycles.